The van der Waals surface area contributed by atoms with Crippen molar-refractivity contribution < 1.29 is 13.3 Å². The zero-order valence-corrected chi connectivity index (χ0v) is 18.8. The van der Waals surface area contributed by atoms with Crippen LogP contribution >= 0.6 is 22.9 Å². The van der Waals surface area contributed by atoms with E-state index in [-0.39, 0.29) is 10.6 Å². The Balaban J connectivity index is 1.55. The quantitative estimate of drug-likeness (QED) is 0.475. The van der Waals surface area contributed by atoms with Gasteiger partial charge in [0, 0.05) is 62.8 Å². The molecule has 3 heterocycles. The highest BCUT2D eigenvalue weighted by Crippen LogP contribution is 2.34. The lowest BCUT2D eigenvalue weighted by atomic mass is 10.2. The molecule has 2 aliphatic heterocycles. The second-order valence-electron chi connectivity index (χ2n) is 7.49. The lowest BCUT2D eigenvalue weighted by molar-refractivity contribution is -0.385. The number of nitrogens with zero attached hydrogens (tertiary/aromatic N) is 4. The van der Waals surface area contributed by atoms with Crippen molar-refractivity contribution >= 4 is 44.3 Å². The number of nitro groups is 1. The van der Waals surface area contributed by atoms with Gasteiger partial charge in [-0.3, -0.25) is 15.0 Å². The Kier molecular flexibility index (Phi) is 6.31. The number of hydrogen-bond acceptors (Lipinski definition) is 7. The van der Waals surface area contributed by atoms with Gasteiger partial charge < -0.3 is 4.90 Å². The molecule has 0 saturated carbocycles. The van der Waals surface area contributed by atoms with E-state index in [1.165, 1.54) is 21.3 Å². The standard InChI is InChI=1S/C19H23ClN4O4S2/c20-19-6-4-16(29-19)14-21-9-11-22(12-10-21)17-5-3-15(24(25)26)13-18(17)30(27,28)23-7-1-2-8-23/h3-6,13H,1-2,7-12,14H2. The molecule has 0 radical (unpaired) electrons. The highest BCUT2D eigenvalue weighted by atomic mass is 35.5. The summed E-state index contributed by atoms with van der Waals surface area (Å²) in [5, 5.41) is 11.3. The average Bonchev–Trinajstić information content (AvgIpc) is 3.40. The van der Waals surface area contributed by atoms with Gasteiger partial charge in [-0.15, -0.1) is 11.3 Å². The fourth-order valence-electron chi connectivity index (χ4n) is 3.96. The van der Waals surface area contributed by atoms with E-state index in [1.807, 2.05) is 17.0 Å². The molecule has 2 saturated heterocycles. The summed E-state index contributed by atoms with van der Waals surface area (Å²) in [7, 11) is -3.77. The zero-order chi connectivity index (χ0) is 21.3. The monoisotopic (exact) mass is 470 g/mol. The lowest BCUT2D eigenvalue weighted by Crippen LogP contribution is -2.46. The van der Waals surface area contributed by atoms with E-state index in [0.717, 1.165) is 36.8 Å². The van der Waals surface area contributed by atoms with Crippen LogP contribution in [0.25, 0.3) is 0 Å². The lowest BCUT2D eigenvalue weighted by Gasteiger charge is -2.36. The number of thiophene rings is 1. The SMILES string of the molecule is O=[N+]([O-])c1ccc(N2CCN(Cc3ccc(Cl)s3)CC2)c(S(=O)(=O)N2CCCC2)c1. The molecule has 0 N–H and O–H groups in total. The molecule has 30 heavy (non-hydrogen) atoms. The van der Waals surface area contributed by atoms with E-state index in [2.05, 4.69) is 4.90 Å². The number of piperazine rings is 1. The molecule has 8 nitrogen and oxygen atoms in total. The summed E-state index contributed by atoms with van der Waals surface area (Å²) < 4.78 is 28.7. The van der Waals surface area contributed by atoms with Crippen LogP contribution in [0.5, 0.6) is 0 Å². The van der Waals surface area contributed by atoms with E-state index in [9.17, 15) is 18.5 Å². The van der Waals surface area contributed by atoms with Crippen LogP contribution < -0.4 is 4.90 Å². The number of rotatable bonds is 6. The summed E-state index contributed by atoms with van der Waals surface area (Å²) in [6, 6.07) is 8.09. The Labute approximate surface area is 184 Å². The number of hydrogen-bond donors (Lipinski definition) is 0. The molecule has 0 spiro atoms. The molecular weight excluding hydrogens is 448 g/mol. The first-order valence-electron chi connectivity index (χ1n) is 9.85. The van der Waals surface area contributed by atoms with E-state index in [4.69, 9.17) is 11.6 Å². The van der Waals surface area contributed by atoms with Gasteiger partial charge in [-0.25, -0.2) is 8.42 Å². The van der Waals surface area contributed by atoms with Crippen LogP contribution in [0.4, 0.5) is 11.4 Å². The molecular formula is C19H23ClN4O4S2. The third-order valence-corrected chi connectivity index (χ3v) is 8.70. The molecule has 0 aliphatic carbocycles. The van der Waals surface area contributed by atoms with E-state index in [0.29, 0.717) is 31.9 Å². The van der Waals surface area contributed by atoms with Crippen LogP contribution in [0.3, 0.4) is 0 Å². The first kappa shape index (κ1) is 21.5. The Morgan fingerprint density at radius 3 is 2.33 bits per heavy atom. The maximum Gasteiger partial charge on any atom is 0.270 e. The topological polar surface area (TPSA) is 87.0 Å². The van der Waals surface area contributed by atoms with Crippen molar-refractivity contribution in [2.45, 2.75) is 24.3 Å². The second kappa shape index (κ2) is 8.80. The number of sulfonamides is 1. The molecule has 2 fully saturated rings. The number of non-ortho nitro benzene ring substituents is 1. The Hall–Kier alpha value is -1.72. The third kappa shape index (κ3) is 4.47. The summed E-state index contributed by atoms with van der Waals surface area (Å²) in [5.41, 5.74) is 0.344. The third-order valence-electron chi connectivity index (χ3n) is 5.56. The summed E-state index contributed by atoms with van der Waals surface area (Å²) in [6.45, 7) is 4.58. The van der Waals surface area contributed by atoms with Gasteiger partial charge in [-0.05, 0) is 31.0 Å². The van der Waals surface area contributed by atoms with Gasteiger partial charge in [0.1, 0.15) is 4.90 Å². The zero-order valence-electron chi connectivity index (χ0n) is 16.4. The normalized spacial score (nSPS) is 18.8. The summed E-state index contributed by atoms with van der Waals surface area (Å²) in [4.78, 5) is 16.3. The summed E-state index contributed by atoms with van der Waals surface area (Å²) >= 11 is 7.58. The molecule has 162 valence electrons. The predicted molar refractivity (Wildman–Crippen MR) is 118 cm³/mol. The molecule has 0 bridgehead atoms. The first-order chi connectivity index (χ1) is 14.3. The Bertz CT molecular complexity index is 1030. The van der Waals surface area contributed by atoms with Crippen molar-refractivity contribution in [3.63, 3.8) is 0 Å². The Morgan fingerprint density at radius 1 is 1.03 bits per heavy atom. The van der Waals surface area contributed by atoms with Gasteiger partial charge in [-0.2, -0.15) is 4.31 Å². The van der Waals surface area contributed by atoms with E-state index < -0.39 is 14.9 Å². The van der Waals surface area contributed by atoms with E-state index in [1.54, 1.807) is 17.4 Å². The van der Waals surface area contributed by atoms with Gasteiger partial charge in [0.25, 0.3) is 5.69 Å². The number of halogens is 1. The van der Waals surface area contributed by atoms with Crippen LogP contribution in [-0.4, -0.2) is 61.8 Å². The van der Waals surface area contributed by atoms with Crippen molar-refractivity contribution in [1.82, 2.24) is 9.21 Å². The van der Waals surface area contributed by atoms with Crippen LogP contribution in [0.15, 0.2) is 35.2 Å². The van der Waals surface area contributed by atoms with Crippen LogP contribution in [0, 0.1) is 10.1 Å². The van der Waals surface area contributed by atoms with Gasteiger partial charge in [0.2, 0.25) is 10.0 Å². The minimum Gasteiger partial charge on any atom is -0.368 e. The minimum atomic E-state index is -3.77. The number of nitro benzene ring substituents is 1. The molecule has 0 atom stereocenters. The summed E-state index contributed by atoms with van der Waals surface area (Å²) in [5.74, 6) is 0. The fraction of sp³-hybridized carbons (Fsp3) is 0.474. The fourth-order valence-corrected chi connectivity index (χ4v) is 6.83. The maximum absolute atomic E-state index is 13.2. The molecule has 2 aromatic rings. The van der Waals surface area contributed by atoms with Gasteiger partial charge in [-0.1, -0.05) is 11.6 Å². The van der Waals surface area contributed by atoms with Gasteiger partial charge in [0.05, 0.1) is 14.9 Å². The van der Waals surface area contributed by atoms with Crippen molar-refractivity contribution in [2.75, 3.05) is 44.2 Å². The van der Waals surface area contributed by atoms with Crippen molar-refractivity contribution in [2.24, 2.45) is 0 Å². The highest BCUT2D eigenvalue weighted by molar-refractivity contribution is 7.89. The second-order valence-corrected chi connectivity index (χ2v) is 11.2. The van der Waals surface area contributed by atoms with Crippen molar-refractivity contribution in [3.05, 3.63) is 49.7 Å². The van der Waals surface area contributed by atoms with Gasteiger partial charge >= 0.3 is 0 Å². The molecule has 1 aromatic heterocycles. The largest absolute Gasteiger partial charge is 0.368 e. The minimum absolute atomic E-state index is 0.0390. The predicted octanol–water partition coefficient (Wildman–Crippen LogP) is 3.42. The number of anilines is 1. The molecule has 2 aliphatic rings. The van der Waals surface area contributed by atoms with Crippen LogP contribution in [0.2, 0.25) is 4.34 Å². The Morgan fingerprint density at radius 2 is 1.73 bits per heavy atom. The molecule has 4 rings (SSSR count). The number of benzene rings is 1. The molecule has 1 aromatic carbocycles. The molecule has 11 heteroatoms. The van der Waals surface area contributed by atoms with E-state index >= 15 is 0 Å². The summed E-state index contributed by atoms with van der Waals surface area (Å²) in [6.07, 6.45) is 1.63. The van der Waals surface area contributed by atoms with Gasteiger partial charge in [0.15, 0.2) is 0 Å². The smallest absolute Gasteiger partial charge is 0.270 e. The molecule has 0 amide bonds. The van der Waals surface area contributed by atoms with Crippen molar-refractivity contribution in [1.29, 1.82) is 0 Å². The van der Waals surface area contributed by atoms with Crippen LogP contribution in [-0.2, 0) is 16.6 Å². The first-order valence-corrected chi connectivity index (χ1v) is 12.5. The average molecular weight is 471 g/mol. The molecule has 0 unspecified atom stereocenters. The van der Waals surface area contributed by atoms with Crippen molar-refractivity contribution in [3.8, 4) is 0 Å². The van der Waals surface area contributed by atoms with Crippen LogP contribution in [0.1, 0.15) is 17.7 Å². The highest BCUT2D eigenvalue weighted by Gasteiger charge is 2.33. The maximum atomic E-state index is 13.2.